The molecule has 2 saturated carbocycles. The Morgan fingerprint density at radius 2 is 1.47 bits per heavy atom. The van der Waals surface area contributed by atoms with E-state index in [1.165, 1.54) is 4.90 Å². The molecule has 9 heteroatoms. The Kier molecular flexibility index (Phi) is 6.30. The monoisotopic (exact) mass is 642 g/mol. The first kappa shape index (κ1) is 25.7. The van der Waals surface area contributed by atoms with E-state index in [-0.39, 0.29) is 64.0 Å². The molecule has 2 saturated heterocycles. The molecule has 0 radical (unpaired) electrons. The van der Waals surface area contributed by atoms with Crippen LogP contribution < -0.4 is 14.5 Å². The molecule has 0 unspecified atom stereocenters. The summed E-state index contributed by atoms with van der Waals surface area (Å²) in [5, 5.41) is 0. The molecule has 2 bridgehead atoms. The molecule has 4 aliphatic rings. The number of hydrogen-bond donors (Lipinski definition) is 0. The lowest BCUT2D eigenvalue weighted by Crippen LogP contribution is -2.37. The van der Waals surface area contributed by atoms with Gasteiger partial charge in [0.25, 0.3) is 0 Å². The molecule has 198 valence electrons. The van der Waals surface area contributed by atoms with Crippen molar-refractivity contribution in [3.8, 4) is 5.75 Å². The molecule has 4 fully saturated rings. The van der Waals surface area contributed by atoms with E-state index in [1.807, 2.05) is 32.0 Å². The second kappa shape index (κ2) is 9.30. The van der Waals surface area contributed by atoms with E-state index >= 15 is 0 Å². The summed E-state index contributed by atoms with van der Waals surface area (Å²) >= 11 is 7.44. The highest BCUT2D eigenvalue weighted by Gasteiger charge is 2.66. The van der Waals surface area contributed by atoms with Gasteiger partial charge in [0, 0.05) is 28.3 Å². The molecule has 0 N–H and O–H groups in total. The van der Waals surface area contributed by atoms with Gasteiger partial charge in [-0.25, -0.2) is 4.90 Å². The minimum atomic E-state index is -0.575. The van der Waals surface area contributed by atoms with Gasteiger partial charge in [0.1, 0.15) is 5.75 Å². The second-order valence-corrected chi connectivity index (χ2v) is 13.2. The summed E-state index contributed by atoms with van der Waals surface area (Å²) in [5.74, 6) is -1.38. The largest absolute Gasteiger partial charge is 0.426 e. The number of carbonyl (C=O) groups is 4. The Morgan fingerprint density at radius 1 is 0.868 bits per heavy atom. The third-order valence-corrected chi connectivity index (χ3v) is 11.9. The lowest BCUT2D eigenvalue weighted by atomic mass is 9.81. The number of benzene rings is 2. The van der Waals surface area contributed by atoms with E-state index in [0.29, 0.717) is 17.0 Å². The predicted octanol–water partition coefficient (Wildman–Crippen LogP) is 4.85. The van der Waals surface area contributed by atoms with Crippen LogP contribution in [0, 0.1) is 50.4 Å². The van der Waals surface area contributed by atoms with Gasteiger partial charge in [0.05, 0.1) is 23.4 Å². The number of carbonyl (C=O) groups excluding carboxylic acids is 4. The number of hydrogen-bond acceptors (Lipinski definition) is 5. The number of rotatable bonds is 4. The van der Waals surface area contributed by atoms with Gasteiger partial charge in [0.2, 0.25) is 17.7 Å². The number of aryl methyl sites for hydroxylation is 3. The lowest BCUT2D eigenvalue weighted by molar-refractivity contribution is -0.139. The molecule has 2 aliphatic heterocycles. The number of ether oxygens (including phenoxy) is 1. The van der Waals surface area contributed by atoms with Crippen LogP contribution in [0.3, 0.4) is 0 Å². The number of halogens is 2. The smallest absolute Gasteiger partial charge is 0.316 e. The zero-order valence-corrected chi connectivity index (χ0v) is 24.5. The maximum absolute atomic E-state index is 13.4. The van der Waals surface area contributed by atoms with Gasteiger partial charge in [-0.2, -0.15) is 0 Å². The van der Waals surface area contributed by atoms with E-state index in [9.17, 15) is 19.2 Å². The highest BCUT2D eigenvalue weighted by Crippen LogP contribution is 2.60. The molecule has 7 nitrogen and oxygen atoms in total. The van der Waals surface area contributed by atoms with E-state index in [4.69, 9.17) is 4.74 Å². The molecule has 0 spiro atoms. The molecule has 0 aromatic heterocycles. The first-order valence-electron chi connectivity index (χ1n) is 12.9. The first-order valence-corrected chi connectivity index (χ1v) is 14.8. The molecule has 2 aromatic carbocycles. The molecular weight excluding hydrogens is 616 g/mol. The Labute approximate surface area is 238 Å². The van der Waals surface area contributed by atoms with Crippen molar-refractivity contribution >= 4 is 66.9 Å². The number of alkyl halides is 2. The maximum Gasteiger partial charge on any atom is 0.316 e. The normalized spacial score (nSPS) is 31.9. The van der Waals surface area contributed by atoms with E-state index < -0.39 is 11.9 Å². The fraction of sp³-hybridized carbons (Fsp3) is 0.448. The summed E-state index contributed by atoms with van der Waals surface area (Å²) in [5.41, 5.74) is 4.12. The standard InChI is InChI=1S/C29H28Br2N2O5/c1-13-4-6-20(14(2)8-13)32-12-16(10-22(32)34)29(37)38-17-5-7-21(15(3)9-17)33-27(35)23-18-11-19(24(23)28(33)36)26(31)25(18)30/h4-9,16,18-19,23-26H,10-12H2,1-3H3/t16-,18-,19-,23-,24-,25-,26+/m1/s1. The van der Waals surface area contributed by atoms with Gasteiger partial charge in [-0.05, 0) is 74.4 Å². The number of fused-ring (bicyclic) bond motifs is 5. The van der Waals surface area contributed by atoms with Crippen LogP contribution >= 0.6 is 31.9 Å². The van der Waals surface area contributed by atoms with Crippen molar-refractivity contribution in [2.24, 2.45) is 29.6 Å². The SMILES string of the molecule is Cc1ccc(N2C[C@H](C(=O)Oc3ccc(N4C(=O)[C@@H]5[C@H]6C[C@@H]([C@@H](Br)[C@H]6Br)[C@H]5C4=O)c(C)c3)CC2=O)c(C)c1. The topological polar surface area (TPSA) is 84.0 Å². The number of amides is 3. The van der Waals surface area contributed by atoms with E-state index in [0.717, 1.165) is 23.2 Å². The Bertz CT molecular complexity index is 1360. The molecule has 2 aromatic rings. The van der Waals surface area contributed by atoms with Gasteiger partial charge in [-0.3, -0.25) is 19.2 Å². The maximum atomic E-state index is 13.4. The van der Waals surface area contributed by atoms with E-state index in [1.54, 1.807) is 30.0 Å². The second-order valence-electron chi connectivity index (χ2n) is 11.1. The summed E-state index contributed by atoms with van der Waals surface area (Å²) in [6.45, 7) is 6.02. The zero-order valence-electron chi connectivity index (χ0n) is 21.3. The van der Waals surface area contributed by atoms with Crippen LogP contribution in [0.2, 0.25) is 0 Å². The van der Waals surface area contributed by atoms with Crippen LogP contribution in [0.4, 0.5) is 11.4 Å². The predicted molar refractivity (Wildman–Crippen MR) is 150 cm³/mol. The summed E-state index contributed by atoms with van der Waals surface area (Å²) in [6, 6.07) is 10.8. The fourth-order valence-corrected chi connectivity index (χ4v) is 8.81. The average molecular weight is 644 g/mol. The van der Waals surface area contributed by atoms with Gasteiger partial charge in [0.15, 0.2) is 0 Å². The summed E-state index contributed by atoms with van der Waals surface area (Å²) in [7, 11) is 0. The van der Waals surface area contributed by atoms with Gasteiger partial charge in [-0.15, -0.1) is 0 Å². The van der Waals surface area contributed by atoms with Crippen LogP contribution in [0.1, 0.15) is 29.5 Å². The third kappa shape index (κ3) is 3.87. The van der Waals surface area contributed by atoms with Gasteiger partial charge in [-0.1, -0.05) is 49.6 Å². The van der Waals surface area contributed by atoms with Crippen molar-refractivity contribution in [2.45, 2.75) is 43.3 Å². The molecule has 38 heavy (non-hydrogen) atoms. The van der Waals surface area contributed by atoms with Gasteiger partial charge >= 0.3 is 5.97 Å². The number of esters is 1. The molecule has 3 amide bonds. The van der Waals surface area contributed by atoms with Crippen molar-refractivity contribution in [2.75, 3.05) is 16.3 Å². The number of nitrogens with zero attached hydrogens (tertiary/aromatic N) is 2. The first-order chi connectivity index (χ1) is 18.1. The highest BCUT2D eigenvalue weighted by atomic mass is 79.9. The fourth-order valence-electron chi connectivity index (χ4n) is 6.93. The molecular formula is C29H28Br2N2O5. The van der Waals surface area contributed by atoms with Crippen LogP contribution in [0.5, 0.6) is 5.75 Å². The van der Waals surface area contributed by atoms with E-state index in [2.05, 4.69) is 31.9 Å². The van der Waals surface area contributed by atoms with Crippen molar-refractivity contribution < 1.29 is 23.9 Å². The van der Waals surface area contributed by atoms with Crippen LogP contribution in [0.25, 0.3) is 0 Å². The van der Waals surface area contributed by atoms with Crippen molar-refractivity contribution in [1.29, 1.82) is 0 Å². The number of anilines is 2. The molecule has 2 heterocycles. The van der Waals surface area contributed by atoms with Crippen molar-refractivity contribution in [3.63, 3.8) is 0 Å². The minimum absolute atomic E-state index is 0.0915. The van der Waals surface area contributed by atoms with Crippen LogP contribution in [-0.4, -0.2) is 39.9 Å². The minimum Gasteiger partial charge on any atom is -0.426 e. The van der Waals surface area contributed by atoms with Crippen molar-refractivity contribution in [1.82, 2.24) is 0 Å². The number of imide groups is 1. The van der Waals surface area contributed by atoms with Crippen LogP contribution in [-0.2, 0) is 19.2 Å². The Balaban J connectivity index is 1.16. The highest BCUT2D eigenvalue weighted by molar-refractivity contribution is 9.12. The van der Waals surface area contributed by atoms with Crippen LogP contribution in [0.15, 0.2) is 36.4 Å². The Hall–Kier alpha value is -2.52. The summed E-state index contributed by atoms with van der Waals surface area (Å²) in [6.07, 6.45) is 0.971. The summed E-state index contributed by atoms with van der Waals surface area (Å²) < 4.78 is 5.66. The average Bonchev–Trinajstić information content (AvgIpc) is 3.58. The molecule has 2 aliphatic carbocycles. The summed E-state index contributed by atoms with van der Waals surface area (Å²) in [4.78, 5) is 55.8. The molecule has 7 atom stereocenters. The zero-order chi connectivity index (χ0) is 27.0. The lowest BCUT2D eigenvalue weighted by Gasteiger charge is -2.28. The third-order valence-electron chi connectivity index (χ3n) is 8.72. The molecule has 6 rings (SSSR count). The van der Waals surface area contributed by atoms with Crippen molar-refractivity contribution in [3.05, 3.63) is 53.1 Å². The van der Waals surface area contributed by atoms with Gasteiger partial charge < -0.3 is 9.64 Å². The quantitative estimate of drug-likeness (QED) is 0.206. The Morgan fingerprint density at radius 3 is 2.08 bits per heavy atom.